The topological polar surface area (TPSA) is 41.6 Å². The summed E-state index contributed by atoms with van der Waals surface area (Å²) in [6.07, 6.45) is 10.5. The zero-order chi connectivity index (χ0) is 12.3. The number of hydrogen-bond donors (Lipinski definition) is 0. The molecule has 0 aromatic carbocycles. The van der Waals surface area contributed by atoms with Crippen LogP contribution in [0, 0.1) is 22.7 Å². The molecule has 0 saturated heterocycles. The van der Waals surface area contributed by atoms with E-state index < -0.39 is 0 Å². The van der Waals surface area contributed by atoms with E-state index in [9.17, 15) is 5.26 Å². The molecular weight excluding hydrogens is 210 g/mol. The van der Waals surface area contributed by atoms with Crippen LogP contribution in [0.25, 0.3) is 0 Å². The molecule has 0 N–H and O–H groups in total. The first-order valence-electron chi connectivity index (χ1n) is 6.52. The maximum atomic E-state index is 9.44. The summed E-state index contributed by atoms with van der Waals surface area (Å²) in [4.78, 5) is 0. The summed E-state index contributed by atoms with van der Waals surface area (Å²) in [5, 5.41) is 13.6. The van der Waals surface area contributed by atoms with E-state index in [1.54, 1.807) is 0 Å². The molecule has 1 aromatic rings. The molecule has 0 bridgehead atoms. The lowest BCUT2D eigenvalue weighted by Crippen LogP contribution is -2.25. The highest BCUT2D eigenvalue weighted by atomic mass is 15.2. The van der Waals surface area contributed by atoms with Gasteiger partial charge in [0, 0.05) is 13.2 Å². The molecule has 3 heteroatoms. The minimum Gasteiger partial charge on any atom is -0.276 e. The molecule has 1 aliphatic carbocycles. The van der Waals surface area contributed by atoms with Crippen LogP contribution in [-0.4, -0.2) is 9.78 Å². The molecule has 3 nitrogen and oxygen atoms in total. The number of aromatic nitrogens is 2. The summed E-state index contributed by atoms with van der Waals surface area (Å²) in [6.45, 7) is 2.29. The van der Waals surface area contributed by atoms with Gasteiger partial charge in [-0.2, -0.15) is 10.4 Å². The molecular formula is C14H21N3. The highest BCUT2D eigenvalue weighted by Crippen LogP contribution is 2.41. The van der Waals surface area contributed by atoms with Gasteiger partial charge in [-0.25, -0.2) is 0 Å². The smallest absolute Gasteiger partial charge is 0.0689 e. The van der Waals surface area contributed by atoms with Crippen molar-refractivity contribution in [2.24, 2.45) is 18.4 Å². The Balaban J connectivity index is 1.94. The van der Waals surface area contributed by atoms with Crippen LogP contribution in [0.15, 0.2) is 12.4 Å². The van der Waals surface area contributed by atoms with Gasteiger partial charge in [-0.3, -0.25) is 4.68 Å². The Morgan fingerprint density at radius 1 is 1.53 bits per heavy atom. The van der Waals surface area contributed by atoms with E-state index in [0.29, 0.717) is 0 Å². The monoisotopic (exact) mass is 231 g/mol. The summed E-state index contributed by atoms with van der Waals surface area (Å²) in [7, 11) is 1.94. The molecule has 92 valence electrons. The average Bonchev–Trinajstić information content (AvgIpc) is 2.75. The van der Waals surface area contributed by atoms with Crippen LogP contribution in [0.4, 0.5) is 0 Å². The quantitative estimate of drug-likeness (QED) is 0.802. The second kappa shape index (κ2) is 4.91. The highest BCUT2D eigenvalue weighted by Gasteiger charge is 2.33. The third-order valence-electron chi connectivity index (χ3n) is 4.12. The van der Waals surface area contributed by atoms with E-state index in [2.05, 4.69) is 24.3 Å². The molecule has 1 aromatic heterocycles. The molecule has 0 radical (unpaired) electrons. The molecule has 17 heavy (non-hydrogen) atoms. The summed E-state index contributed by atoms with van der Waals surface area (Å²) in [5.74, 6) is 0.801. The lowest BCUT2D eigenvalue weighted by molar-refractivity contribution is 0.206. The zero-order valence-electron chi connectivity index (χ0n) is 10.8. The molecule has 1 aliphatic rings. The predicted octanol–water partition coefficient (Wildman–Crippen LogP) is 3.07. The molecule has 1 heterocycles. The zero-order valence-corrected chi connectivity index (χ0v) is 10.8. The number of rotatable bonds is 3. The number of nitrogens with zero attached hydrogens (tertiary/aromatic N) is 3. The molecule has 0 atom stereocenters. The lowest BCUT2D eigenvalue weighted by Gasteiger charge is -2.33. The fourth-order valence-corrected chi connectivity index (χ4v) is 2.72. The summed E-state index contributed by atoms with van der Waals surface area (Å²) >= 11 is 0. The Morgan fingerprint density at radius 2 is 2.24 bits per heavy atom. The van der Waals surface area contributed by atoms with E-state index in [1.807, 2.05) is 17.9 Å². The van der Waals surface area contributed by atoms with E-state index >= 15 is 0 Å². The third kappa shape index (κ3) is 2.88. The Bertz CT molecular complexity index is 405. The van der Waals surface area contributed by atoms with Crippen LogP contribution in [0.3, 0.4) is 0 Å². The van der Waals surface area contributed by atoms with Gasteiger partial charge in [0.05, 0.1) is 17.7 Å². The first-order chi connectivity index (χ1) is 8.13. The highest BCUT2D eigenvalue weighted by molar-refractivity contribution is 5.08. The Morgan fingerprint density at radius 3 is 2.76 bits per heavy atom. The summed E-state index contributed by atoms with van der Waals surface area (Å²) < 4.78 is 1.83. The van der Waals surface area contributed by atoms with Crippen molar-refractivity contribution in [1.29, 1.82) is 5.26 Å². The van der Waals surface area contributed by atoms with Crippen LogP contribution in [0.2, 0.25) is 0 Å². The van der Waals surface area contributed by atoms with Gasteiger partial charge in [0.2, 0.25) is 0 Å². The normalized spacial score (nSPS) is 28.9. The van der Waals surface area contributed by atoms with Gasteiger partial charge < -0.3 is 0 Å². The van der Waals surface area contributed by atoms with Gasteiger partial charge >= 0.3 is 0 Å². The van der Waals surface area contributed by atoms with E-state index in [1.165, 1.54) is 18.4 Å². The van der Waals surface area contributed by atoms with Gasteiger partial charge in [-0.1, -0.05) is 6.92 Å². The molecule has 1 fully saturated rings. The van der Waals surface area contributed by atoms with Crippen molar-refractivity contribution in [3.05, 3.63) is 18.0 Å². The summed E-state index contributed by atoms with van der Waals surface area (Å²) in [5.41, 5.74) is 1.18. The second-order valence-electron chi connectivity index (χ2n) is 5.60. The largest absolute Gasteiger partial charge is 0.276 e. The van der Waals surface area contributed by atoms with Crippen LogP contribution in [0.1, 0.15) is 44.6 Å². The van der Waals surface area contributed by atoms with Gasteiger partial charge in [-0.05, 0) is 50.0 Å². The van der Waals surface area contributed by atoms with Crippen molar-refractivity contribution in [2.75, 3.05) is 0 Å². The first-order valence-corrected chi connectivity index (χ1v) is 6.52. The SMILES string of the molecule is CC1CCC(C#N)(CCc2cnn(C)c2)CC1. The minimum atomic E-state index is -0.0671. The van der Waals surface area contributed by atoms with Crippen molar-refractivity contribution in [1.82, 2.24) is 9.78 Å². The van der Waals surface area contributed by atoms with Crippen LogP contribution in [-0.2, 0) is 13.5 Å². The molecule has 1 saturated carbocycles. The maximum absolute atomic E-state index is 9.44. The Labute approximate surface area is 103 Å². The molecule has 2 rings (SSSR count). The standard InChI is InChI=1S/C14H21N3/c1-12-3-6-14(11-15,7-4-12)8-5-13-9-16-17(2)10-13/h9-10,12H,3-8H2,1-2H3. The van der Waals surface area contributed by atoms with Crippen LogP contribution >= 0.6 is 0 Å². The number of nitriles is 1. The van der Waals surface area contributed by atoms with Crippen LogP contribution < -0.4 is 0 Å². The minimum absolute atomic E-state index is 0.0671. The van der Waals surface area contributed by atoms with E-state index in [-0.39, 0.29) is 5.41 Å². The van der Waals surface area contributed by atoms with Gasteiger partial charge in [0.25, 0.3) is 0 Å². The summed E-state index contributed by atoms with van der Waals surface area (Å²) in [6, 6.07) is 2.59. The van der Waals surface area contributed by atoms with Crippen LogP contribution in [0.5, 0.6) is 0 Å². The van der Waals surface area contributed by atoms with Gasteiger partial charge in [0.1, 0.15) is 0 Å². The van der Waals surface area contributed by atoms with Gasteiger partial charge in [0.15, 0.2) is 0 Å². The lowest BCUT2D eigenvalue weighted by atomic mass is 9.69. The van der Waals surface area contributed by atoms with Crippen molar-refractivity contribution in [3.8, 4) is 6.07 Å². The van der Waals surface area contributed by atoms with Crippen molar-refractivity contribution < 1.29 is 0 Å². The first kappa shape index (κ1) is 12.2. The fourth-order valence-electron chi connectivity index (χ4n) is 2.72. The number of hydrogen-bond acceptors (Lipinski definition) is 2. The van der Waals surface area contributed by atoms with Gasteiger partial charge in [-0.15, -0.1) is 0 Å². The van der Waals surface area contributed by atoms with E-state index in [4.69, 9.17) is 0 Å². The predicted molar refractivity (Wildman–Crippen MR) is 67.2 cm³/mol. The van der Waals surface area contributed by atoms with Crippen molar-refractivity contribution in [3.63, 3.8) is 0 Å². The fraction of sp³-hybridized carbons (Fsp3) is 0.714. The molecule has 0 aliphatic heterocycles. The Hall–Kier alpha value is -1.30. The van der Waals surface area contributed by atoms with Crippen molar-refractivity contribution >= 4 is 0 Å². The van der Waals surface area contributed by atoms with Crippen molar-refractivity contribution in [2.45, 2.75) is 45.4 Å². The number of aryl methyl sites for hydroxylation is 2. The maximum Gasteiger partial charge on any atom is 0.0689 e. The molecule has 0 spiro atoms. The average molecular weight is 231 g/mol. The second-order valence-corrected chi connectivity index (χ2v) is 5.60. The Kier molecular flexibility index (Phi) is 3.51. The van der Waals surface area contributed by atoms with E-state index in [0.717, 1.165) is 31.6 Å². The molecule has 0 amide bonds. The molecule has 0 unspecified atom stereocenters. The third-order valence-corrected chi connectivity index (χ3v) is 4.12.